The Morgan fingerprint density at radius 2 is 2.03 bits per heavy atom. The quantitative estimate of drug-likeness (QED) is 0.670. The number of anilines is 1. The molecule has 1 N–H and O–H groups in total. The van der Waals surface area contributed by atoms with Crippen LogP contribution in [0.3, 0.4) is 0 Å². The van der Waals surface area contributed by atoms with Crippen molar-refractivity contribution in [3.05, 3.63) is 28.4 Å². The molecular formula is C18H20F3N7OS. The number of nitrogens with zero attached hydrogens (tertiary/aromatic N) is 7. The van der Waals surface area contributed by atoms with E-state index in [1.54, 1.807) is 11.3 Å². The van der Waals surface area contributed by atoms with Crippen LogP contribution in [0.2, 0.25) is 0 Å². The zero-order valence-corrected chi connectivity index (χ0v) is 17.0. The fraction of sp³-hybridized carbons (Fsp3) is 0.556. The van der Waals surface area contributed by atoms with E-state index < -0.39 is 12.0 Å². The third-order valence-electron chi connectivity index (χ3n) is 5.46. The fourth-order valence-electron chi connectivity index (χ4n) is 4.09. The number of likely N-dealkylation sites (tertiary alicyclic amines) is 1. The van der Waals surface area contributed by atoms with E-state index in [0.29, 0.717) is 31.3 Å². The smallest absolute Gasteiger partial charge is 0.392 e. The molecule has 0 aromatic carbocycles. The molecule has 0 saturated carbocycles. The number of aliphatic hydroxyl groups is 1. The molecule has 3 aromatic heterocycles. The summed E-state index contributed by atoms with van der Waals surface area (Å²) in [5, 5.41) is 17.8. The van der Waals surface area contributed by atoms with Crippen LogP contribution in [0.25, 0.3) is 10.2 Å². The zero-order chi connectivity index (χ0) is 21.0. The monoisotopic (exact) mass is 439 g/mol. The van der Waals surface area contributed by atoms with Crippen LogP contribution >= 0.6 is 11.3 Å². The summed E-state index contributed by atoms with van der Waals surface area (Å²) in [5.41, 5.74) is 0. The Kier molecular flexibility index (Phi) is 4.67. The highest BCUT2D eigenvalue weighted by Crippen LogP contribution is 2.34. The first-order valence-electron chi connectivity index (χ1n) is 9.69. The molecule has 0 amide bonds. The number of aromatic nitrogens is 5. The molecule has 30 heavy (non-hydrogen) atoms. The molecule has 1 atom stereocenters. The standard InChI is InChI=1S/C18H20F3N7OS/c1-10-6-12-15(22-13(23-16(12)30-10)8-26-3-2-11(29)7-26)27-4-5-28-14(9-27)24-25-17(28)18(19,20)21/h6,11,29H,2-5,7-9H2,1H3. The molecule has 12 heteroatoms. The highest BCUT2D eigenvalue weighted by Gasteiger charge is 2.39. The molecule has 1 saturated heterocycles. The van der Waals surface area contributed by atoms with Crippen LogP contribution in [0.15, 0.2) is 6.07 Å². The average Bonchev–Trinajstić information content (AvgIpc) is 3.37. The molecule has 2 aliphatic heterocycles. The summed E-state index contributed by atoms with van der Waals surface area (Å²) < 4.78 is 40.5. The van der Waals surface area contributed by atoms with Gasteiger partial charge in [0.2, 0.25) is 5.82 Å². The molecule has 1 fully saturated rings. The van der Waals surface area contributed by atoms with Gasteiger partial charge in [0.1, 0.15) is 16.5 Å². The van der Waals surface area contributed by atoms with Crippen molar-refractivity contribution >= 4 is 27.4 Å². The van der Waals surface area contributed by atoms with Crippen LogP contribution in [-0.2, 0) is 25.8 Å². The van der Waals surface area contributed by atoms with E-state index in [-0.39, 0.29) is 25.0 Å². The maximum Gasteiger partial charge on any atom is 0.451 e. The van der Waals surface area contributed by atoms with Crippen molar-refractivity contribution in [2.45, 2.75) is 45.3 Å². The lowest BCUT2D eigenvalue weighted by Crippen LogP contribution is -2.36. The van der Waals surface area contributed by atoms with Crippen molar-refractivity contribution in [1.29, 1.82) is 0 Å². The van der Waals surface area contributed by atoms with E-state index in [9.17, 15) is 18.3 Å². The SMILES string of the molecule is Cc1cc2c(N3CCn4c(nnc4C(F)(F)F)C3)nc(CN3CCC(O)C3)nc2s1. The van der Waals surface area contributed by atoms with Crippen LogP contribution in [-0.4, -0.2) is 60.5 Å². The molecule has 0 aliphatic carbocycles. The van der Waals surface area contributed by atoms with Crippen LogP contribution in [0.4, 0.5) is 19.0 Å². The molecule has 1 unspecified atom stereocenters. The Balaban J connectivity index is 1.48. The van der Waals surface area contributed by atoms with Gasteiger partial charge >= 0.3 is 6.18 Å². The Hall–Kier alpha value is -2.31. The van der Waals surface area contributed by atoms with Gasteiger partial charge in [-0.25, -0.2) is 9.97 Å². The van der Waals surface area contributed by atoms with E-state index in [2.05, 4.69) is 15.1 Å². The average molecular weight is 439 g/mol. The van der Waals surface area contributed by atoms with Gasteiger partial charge in [-0.15, -0.1) is 21.5 Å². The van der Waals surface area contributed by atoms with E-state index in [1.807, 2.05) is 17.9 Å². The lowest BCUT2D eigenvalue weighted by molar-refractivity contribution is -0.147. The third-order valence-corrected chi connectivity index (χ3v) is 6.41. The van der Waals surface area contributed by atoms with Crippen LogP contribution < -0.4 is 4.90 Å². The van der Waals surface area contributed by atoms with Crippen molar-refractivity contribution in [3.63, 3.8) is 0 Å². The van der Waals surface area contributed by atoms with Crippen LogP contribution in [0.5, 0.6) is 0 Å². The fourth-order valence-corrected chi connectivity index (χ4v) is 4.98. The van der Waals surface area contributed by atoms with Crippen molar-refractivity contribution in [3.8, 4) is 0 Å². The van der Waals surface area contributed by atoms with Gasteiger partial charge in [0.15, 0.2) is 5.82 Å². The molecule has 160 valence electrons. The van der Waals surface area contributed by atoms with Crippen molar-refractivity contribution in [2.75, 3.05) is 24.5 Å². The van der Waals surface area contributed by atoms with Gasteiger partial charge < -0.3 is 14.6 Å². The molecule has 8 nitrogen and oxygen atoms in total. The van der Waals surface area contributed by atoms with E-state index in [0.717, 1.165) is 32.6 Å². The number of thiophene rings is 1. The van der Waals surface area contributed by atoms with Gasteiger partial charge in [-0.3, -0.25) is 4.90 Å². The molecular weight excluding hydrogens is 419 g/mol. The lowest BCUT2D eigenvalue weighted by Gasteiger charge is -2.29. The minimum Gasteiger partial charge on any atom is -0.392 e. The van der Waals surface area contributed by atoms with Crippen LogP contribution in [0, 0.1) is 6.92 Å². The second kappa shape index (κ2) is 7.13. The number of hydrogen-bond donors (Lipinski definition) is 1. The minimum absolute atomic E-state index is 0.138. The highest BCUT2D eigenvalue weighted by molar-refractivity contribution is 7.18. The number of β-amino-alcohol motifs (C(OH)–C–C–N with tert-alkyl or cyclic N) is 1. The number of hydrogen-bond acceptors (Lipinski definition) is 8. The predicted octanol–water partition coefficient (Wildman–Crippen LogP) is 2.20. The predicted molar refractivity (Wildman–Crippen MR) is 104 cm³/mol. The van der Waals surface area contributed by atoms with E-state index in [4.69, 9.17) is 9.97 Å². The number of halogens is 3. The summed E-state index contributed by atoms with van der Waals surface area (Å²) in [6.07, 6.45) is -4.11. The summed E-state index contributed by atoms with van der Waals surface area (Å²) in [4.78, 5) is 15.5. The normalized spacial score (nSPS) is 20.3. The highest BCUT2D eigenvalue weighted by atomic mass is 32.1. The maximum atomic E-state index is 13.1. The number of aryl methyl sites for hydroxylation is 1. The largest absolute Gasteiger partial charge is 0.451 e. The molecule has 0 bridgehead atoms. The number of fused-ring (bicyclic) bond motifs is 2. The topological polar surface area (TPSA) is 83.2 Å². The first-order valence-corrected chi connectivity index (χ1v) is 10.5. The third kappa shape index (κ3) is 3.52. The van der Waals surface area contributed by atoms with E-state index >= 15 is 0 Å². The van der Waals surface area contributed by atoms with Gasteiger partial charge in [0.05, 0.1) is 24.6 Å². The Labute approximate surface area is 174 Å². The number of alkyl halides is 3. The zero-order valence-electron chi connectivity index (χ0n) is 16.2. The summed E-state index contributed by atoms with van der Waals surface area (Å²) in [6, 6.07) is 2.01. The summed E-state index contributed by atoms with van der Waals surface area (Å²) >= 11 is 1.57. The molecule has 2 aliphatic rings. The first kappa shape index (κ1) is 19.6. The lowest BCUT2D eigenvalue weighted by atomic mass is 10.2. The molecule has 0 spiro atoms. The van der Waals surface area contributed by atoms with Crippen molar-refractivity contribution in [1.82, 2.24) is 29.6 Å². The second-order valence-corrected chi connectivity index (χ2v) is 8.96. The molecule has 5 rings (SSSR count). The molecule has 5 heterocycles. The Morgan fingerprint density at radius 1 is 1.20 bits per heavy atom. The number of rotatable bonds is 3. The minimum atomic E-state index is -4.52. The van der Waals surface area contributed by atoms with Crippen LogP contribution in [0.1, 0.15) is 28.8 Å². The van der Waals surface area contributed by atoms with Gasteiger partial charge in [-0.2, -0.15) is 13.2 Å². The second-order valence-electron chi connectivity index (χ2n) is 7.73. The van der Waals surface area contributed by atoms with Gasteiger partial charge in [-0.1, -0.05) is 0 Å². The number of aliphatic hydroxyl groups excluding tert-OH is 1. The van der Waals surface area contributed by atoms with Gasteiger partial charge in [-0.05, 0) is 19.4 Å². The van der Waals surface area contributed by atoms with E-state index in [1.165, 1.54) is 0 Å². The Bertz CT molecular complexity index is 1100. The van der Waals surface area contributed by atoms with Gasteiger partial charge in [0, 0.05) is 31.1 Å². The van der Waals surface area contributed by atoms with Crippen molar-refractivity contribution in [2.24, 2.45) is 0 Å². The molecule has 0 radical (unpaired) electrons. The molecule has 3 aromatic rings. The summed E-state index contributed by atoms with van der Waals surface area (Å²) in [7, 11) is 0. The van der Waals surface area contributed by atoms with Crippen molar-refractivity contribution < 1.29 is 18.3 Å². The first-order chi connectivity index (χ1) is 14.3. The maximum absolute atomic E-state index is 13.1. The summed E-state index contributed by atoms with van der Waals surface area (Å²) in [5.74, 6) is 0.680. The Morgan fingerprint density at radius 3 is 2.77 bits per heavy atom. The van der Waals surface area contributed by atoms with Gasteiger partial charge in [0.25, 0.3) is 0 Å². The summed E-state index contributed by atoms with van der Waals surface area (Å²) in [6.45, 7) is 4.61.